The number of ether oxygens (including phenoxy) is 1. The summed E-state index contributed by atoms with van der Waals surface area (Å²) in [6.45, 7) is 5.47. The van der Waals surface area contributed by atoms with Crippen molar-refractivity contribution in [3.63, 3.8) is 0 Å². The molecule has 2 aliphatic rings. The molecule has 0 atom stereocenters. The SMILES string of the molecule is COCCC(=O)N1CCC2(CN(Cc3ccc(Cl)cc3)C2)C1. The molecule has 22 heavy (non-hydrogen) atoms. The average molecular weight is 323 g/mol. The minimum Gasteiger partial charge on any atom is -0.384 e. The molecule has 1 spiro atoms. The van der Waals surface area contributed by atoms with Crippen LogP contribution in [0.1, 0.15) is 18.4 Å². The van der Waals surface area contributed by atoms with Gasteiger partial charge >= 0.3 is 0 Å². The Labute approximate surface area is 137 Å². The lowest BCUT2D eigenvalue weighted by molar-refractivity contribution is -0.132. The molecule has 3 rings (SSSR count). The van der Waals surface area contributed by atoms with Crippen LogP contribution in [0.3, 0.4) is 0 Å². The van der Waals surface area contributed by atoms with Crippen LogP contribution in [0.25, 0.3) is 0 Å². The number of amides is 1. The summed E-state index contributed by atoms with van der Waals surface area (Å²) in [4.78, 5) is 16.5. The van der Waals surface area contributed by atoms with Crippen LogP contribution in [-0.4, -0.2) is 55.6 Å². The fourth-order valence-electron chi connectivity index (χ4n) is 3.62. The van der Waals surface area contributed by atoms with E-state index >= 15 is 0 Å². The smallest absolute Gasteiger partial charge is 0.224 e. The first-order valence-electron chi connectivity index (χ1n) is 7.84. The highest BCUT2D eigenvalue weighted by Gasteiger charge is 2.48. The first-order valence-corrected chi connectivity index (χ1v) is 8.22. The number of halogens is 1. The van der Waals surface area contributed by atoms with E-state index in [1.807, 2.05) is 17.0 Å². The number of carbonyl (C=O) groups is 1. The van der Waals surface area contributed by atoms with Crippen LogP contribution in [0, 0.1) is 5.41 Å². The van der Waals surface area contributed by atoms with Gasteiger partial charge in [-0.3, -0.25) is 9.69 Å². The van der Waals surface area contributed by atoms with Crippen molar-refractivity contribution in [3.8, 4) is 0 Å². The fourth-order valence-corrected chi connectivity index (χ4v) is 3.74. The number of benzene rings is 1. The van der Waals surface area contributed by atoms with E-state index in [0.717, 1.165) is 44.2 Å². The molecule has 0 aromatic heterocycles. The Morgan fingerprint density at radius 3 is 2.68 bits per heavy atom. The second kappa shape index (κ2) is 6.57. The van der Waals surface area contributed by atoms with Gasteiger partial charge in [0.25, 0.3) is 0 Å². The van der Waals surface area contributed by atoms with Gasteiger partial charge < -0.3 is 9.64 Å². The van der Waals surface area contributed by atoms with Gasteiger partial charge in [-0.25, -0.2) is 0 Å². The van der Waals surface area contributed by atoms with Gasteiger partial charge in [0.15, 0.2) is 0 Å². The second-order valence-electron chi connectivity index (χ2n) is 6.58. The molecule has 4 nitrogen and oxygen atoms in total. The van der Waals surface area contributed by atoms with Crippen molar-refractivity contribution in [2.24, 2.45) is 5.41 Å². The number of likely N-dealkylation sites (tertiary alicyclic amines) is 2. The summed E-state index contributed by atoms with van der Waals surface area (Å²) in [6.07, 6.45) is 1.63. The standard InChI is InChI=1S/C17H23ClN2O2/c1-22-9-6-16(21)20-8-7-17(13-20)11-19(12-17)10-14-2-4-15(18)5-3-14/h2-5H,6-13H2,1H3. The van der Waals surface area contributed by atoms with Crippen molar-refractivity contribution in [3.05, 3.63) is 34.9 Å². The molecule has 120 valence electrons. The molecule has 2 heterocycles. The van der Waals surface area contributed by atoms with Gasteiger partial charge in [0.1, 0.15) is 0 Å². The van der Waals surface area contributed by atoms with Crippen LogP contribution in [-0.2, 0) is 16.1 Å². The topological polar surface area (TPSA) is 32.8 Å². The van der Waals surface area contributed by atoms with E-state index in [4.69, 9.17) is 16.3 Å². The molecule has 2 fully saturated rings. The minimum absolute atomic E-state index is 0.231. The third-order valence-corrected chi connectivity index (χ3v) is 5.00. The van der Waals surface area contributed by atoms with Gasteiger partial charge in [0, 0.05) is 50.3 Å². The van der Waals surface area contributed by atoms with Gasteiger partial charge in [-0.05, 0) is 24.1 Å². The van der Waals surface area contributed by atoms with E-state index in [2.05, 4.69) is 17.0 Å². The zero-order valence-electron chi connectivity index (χ0n) is 13.1. The van der Waals surface area contributed by atoms with Crippen LogP contribution in [0.5, 0.6) is 0 Å². The van der Waals surface area contributed by atoms with Crippen LogP contribution < -0.4 is 0 Å². The fraction of sp³-hybridized carbons (Fsp3) is 0.588. The molecule has 0 N–H and O–H groups in total. The lowest BCUT2D eigenvalue weighted by Crippen LogP contribution is -2.57. The first kappa shape index (κ1) is 15.8. The lowest BCUT2D eigenvalue weighted by atomic mass is 9.79. The molecule has 2 saturated heterocycles. The van der Waals surface area contributed by atoms with E-state index in [-0.39, 0.29) is 5.91 Å². The molecule has 1 aromatic carbocycles. The summed E-state index contributed by atoms with van der Waals surface area (Å²) >= 11 is 5.92. The lowest BCUT2D eigenvalue weighted by Gasteiger charge is -2.48. The van der Waals surface area contributed by atoms with E-state index in [1.165, 1.54) is 5.56 Å². The highest BCUT2D eigenvalue weighted by molar-refractivity contribution is 6.30. The van der Waals surface area contributed by atoms with Crippen molar-refractivity contribution < 1.29 is 9.53 Å². The van der Waals surface area contributed by atoms with Crippen molar-refractivity contribution in [1.82, 2.24) is 9.80 Å². The third-order valence-electron chi connectivity index (χ3n) is 4.75. The van der Waals surface area contributed by atoms with E-state index in [1.54, 1.807) is 7.11 Å². The van der Waals surface area contributed by atoms with Gasteiger partial charge in [0.2, 0.25) is 5.91 Å². The van der Waals surface area contributed by atoms with Crippen molar-refractivity contribution in [2.75, 3.05) is 39.9 Å². The number of hydrogen-bond acceptors (Lipinski definition) is 3. The Morgan fingerprint density at radius 1 is 1.27 bits per heavy atom. The summed E-state index contributed by atoms with van der Waals surface area (Å²) in [5.41, 5.74) is 1.63. The van der Waals surface area contributed by atoms with Crippen LogP contribution in [0.15, 0.2) is 24.3 Å². The maximum Gasteiger partial charge on any atom is 0.224 e. The van der Waals surface area contributed by atoms with Crippen LogP contribution >= 0.6 is 11.6 Å². The van der Waals surface area contributed by atoms with E-state index in [0.29, 0.717) is 18.4 Å². The highest BCUT2D eigenvalue weighted by atomic mass is 35.5. The van der Waals surface area contributed by atoms with E-state index in [9.17, 15) is 4.79 Å². The predicted molar refractivity (Wildman–Crippen MR) is 86.9 cm³/mol. The molecule has 0 radical (unpaired) electrons. The quantitative estimate of drug-likeness (QED) is 0.834. The molecule has 0 aliphatic carbocycles. The Bertz CT molecular complexity index is 526. The number of rotatable bonds is 5. The molecule has 1 amide bonds. The van der Waals surface area contributed by atoms with Gasteiger partial charge in [-0.15, -0.1) is 0 Å². The van der Waals surface area contributed by atoms with Gasteiger partial charge in [0.05, 0.1) is 13.0 Å². The molecule has 5 heteroatoms. The number of hydrogen-bond donors (Lipinski definition) is 0. The van der Waals surface area contributed by atoms with Gasteiger partial charge in [-0.1, -0.05) is 23.7 Å². The Balaban J connectivity index is 1.46. The molecule has 2 aliphatic heterocycles. The highest BCUT2D eigenvalue weighted by Crippen LogP contribution is 2.40. The Morgan fingerprint density at radius 2 is 2.00 bits per heavy atom. The van der Waals surface area contributed by atoms with E-state index < -0.39 is 0 Å². The van der Waals surface area contributed by atoms with Crippen LogP contribution in [0.4, 0.5) is 0 Å². The maximum absolute atomic E-state index is 12.1. The number of carbonyl (C=O) groups excluding carboxylic acids is 1. The number of nitrogens with zero attached hydrogens (tertiary/aromatic N) is 2. The summed E-state index contributed by atoms with van der Waals surface area (Å²) in [7, 11) is 1.64. The second-order valence-corrected chi connectivity index (χ2v) is 7.02. The van der Waals surface area contributed by atoms with Crippen molar-refractivity contribution in [2.45, 2.75) is 19.4 Å². The summed E-state index contributed by atoms with van der Waals surface area (Å²) in [5, 5.41) is 0.782. The normalized spacial score (nSPS) is 20.4. The Kier molecular flexibility index (Phi) is 4.71. The largest absolute Gasteiger partial charge is 0.384 e. The molecular formula is C17H23ClN2O2. The summed E-state index contributed by atoms with van der Waals surface area (Å²) in [5.74, 6) is 0.231. The third kappa shape index (κ3) is 3.45. The summed E-state index contributed by atoms with van der Waals surface area (Å²) in [6, 6.07) is 8.06. The zero-order chi connectivity index (χ0) is 15.6. The van der Waals surface area contributed by atoms with Crippen molar-refractivity contribution in [1.29, 1.82) is 0 Å². The minimum atomic E-state index is 0.231. The average Bonchev–Trinajstić information content (AvgIpc) is 2.92. The van der Waals surface area contributed by atoms with Crippen molar-refractivity contribution >= 4 is 17.5 Å². The summed E-state index contributed by atoms with van der Waals surface area (Å²) < 4.78 is 4.99. The molecule has 1 aromatic rings. The maximum atomic E-state index is 12.1. The Hall–Kier alpha value is -1.10. The molecule has 0 saturated carbocycles. The van der Waals surface area contributed by atoms with Crippen LogP contribution in [0.2, 0.25) is 5.02 Å². The predicted octanol–water partition coefficient (Wildman–Crippen LogP) is 2.41. The number of methoxy groups -OCH3 is 1. The first-order chi connectivity index (χ1) is 10.6. The zero-order valence-corrected chi connectivity index (χ0v) is 13.8. The molecule has 0 unspecified atom stereocenters. The van der Waals surface area contributed by atoms with Gasteiger partial charge in [-0.2, -0.15) is 0 Å². The monoisotopic (exact) mass is 322 g/mol. The molecular weight excluding hydrogens is 300 g/mol. The molecule has 0 bridgehead atoms.